The third-order valence-electron chi connectivity index (χ3n) is 3.55. The van der Waals surface area contributed by atoms with Gasteiger partial charge in [-0.2, -0.15) is 0 Å². The van der Waals surface area contributed by atoms with E-state index in [9.17, 15) is 0 Å². The molecule has 0 aromatic carbocycles. The Kier molecular flexibility index (Phi) is 4.55. The zero-order chi connectivity index (χ0) is 13.0. The molecular weight excluding hydrogens is 226 g/mol. The fourth-order valence-corrected chi connectivity index (χ4v) is 2.31. The maximum Gasteiger partial charge on any atom is 0.0569 e. The lowest BCUT2D eigenvalue weighted by molar-refractivity contribution is 0.0685. The summed E-state index contributed by atoms with van der Waals surface area (Å²) < 4.78 is 5.38. The first-order valence-corrected chi connectivity index (χ1v) is 6.67. The van der Waals surface area contributed by atoms with Gasteiger partial charge in [-0.15, -0.1) is 0 Å². The number of ether oxygens (including phenoxy) is 1. The summed E-state index contributed by atoms with van der Waals surface area (Å²) >= 11 is 0. The molecule has 4 nitrogen and oxygen atoms in total. The van der Waals surface area contributed by atoms with E-state index in [2.05, 4.69) is 23.0 Å². The standard InChI is InChI=1S/C14H23N3O/c1-11(15)14-4-3-13(9-16-14)17(2)10-12-5-7-18-8-6-12/h3-4,9,11-12H,5-8,10,15H2,1-2H3. The van der Waals surface area contributed by atoms with Gasteiger partial charge in [0.1, 0.15) is 0 Å². The molecule has 1 fully saturated rings. The molecule has 2 rings (SSSR count). The summed E-state index contributed by atoms with van der Waals surface area (Å²) in [4.78, 5) is 6.67. The molecule has 0 radical (unpaired) electrons. The monoisotopic (exact) mass is 249 g/mol. The van der Waals surface area contributed by atoms with Gasteiger partial charge in [-0.1, -0.05) is 0 Å². The highest BCUT2D eigenvalue weighted by Gasteiger charge is 2.16. The van der Waals surface area contributed by atoms with Gasteiger partial charge in [0, 0.05) is 32.8 Å². The first-order valence-electron chi connectivity index (χ1n) is 6.67. The zero-order valence-corrected chi connectivity index (χ0v) is 11.3. The molecule has 1 aromatic heterocycles. The molecule has 1 unspecified atom stereocenters. The van der Waals surface area contributed by atoms with Crippen LogP contribution < -0.4 is 10.6 Å². The number of anilines is 1. The maximum atomic E-state index is 5.80. The molecule has 0 aliphatic carbocycles. The van der Waals surface area contributed by atoms with E-state index in [1.54, 1.807) is 0 Å². The third kappa shape index (κ3) is 3.43. The Labute approximate surface area is 109 Å². The molecule has 0 amide bonds. The highest BCUT2D eigenvalue weighted by molar-refractivity contribution is 5.43. The van der Waals surface area contributed by atoms with Crippen molar-refractivity contribution in [3.63, 3.8) is 0 Å². The Balaban J connectivity index is 1.93. The Morgan fingerprint density at radius 3 is 2.72 bits per heavy atom. The van der Waals surface area contributed by atoms with Crippen LogP contribution >= 0.6 is 0 Å². The Morgan fingerprint density at radius 1 is 1.44 bits per heavy atom. The van der Waals surface area contributed by atoms with Gasteiger partial charge in [0.15, 0.2) is 0 Å². The lowest BCUT2D eigenvalue weighted by Gasteiger charge is -2.28. The first kappa shape index (κ1) is 13.3. The topological polar surface area (TPSA) is 51.4 Å². The molecule has 18 heavy (non-hydrogen) atoms. The van der Waals surface area contributed by atoms with Crippen molar-refractivity contribution in [3.8, 4) is 0 Å². The average molecular weight is 249 g/mol. The molecule has 2 heterocycles. The molecule has 1 atom stereocenters. The number of nitrogens with two attached hydrogens (primary N) is 1. The Bertz CT molecular complexity index is 358. The molecule has 1 saturated heterocycles. The fourth-order valence-electron chi connectivity index (χ4n) is 2.31. The number of pyridine rings is 1. The van der Waals surface area contributed by atoms with Crippen molar-refractivity contribution in [1.82, 2.24) is 4.98 Å². The molecule has 1 aliphatic rings. The molecule has 0 bridgehead atoms. The van der Waals surface area contributed by atoms with Crippen LogP contribution in [0.4, 0.5) is 5.69 Å². The highest BCUT2D eigenvalue weighted by Crippen LogP contribution is 2.20. The van der Waals surface area contributed by atoms with Crippen LogP contribution in [0.5, 0.6) is 0 Å². The maximum absolute atomic E-state index is 5.80. The van der Waals surface area contributed by atoms with Crippen molar-refractivity contribution in [2.75, 3.05) is 31.7 Å². The molecule has 4 heteroatoms. The van der Waals surface area contributed by atoms with Crippen molar-refractivity contribution < 1.29 is 4.74 Å². The first-order chi connectivity index (χ1) is 8.66. The zero-order valence-electron chi connectivity index (χ0n) is 11.3. The molecule has 1 aliphatic heterocycles. The number of hydrogen-bond acceptors (Lipinski definition) is 4. The Hall–Kier alpha value is -1.13. The van der Waals surface area contributed by atoms with Crippen LogP contribution in [0.2, 0.25) is 0 Å². The predicted molar refractivity (Wildman–Crippen MR) is 73.7 cm³/mol. The lowest BCUT2D eigenvalue weighted by atomic mass is 10.00. The van der Waals surface area contributed by atoms with Gasteiger partial charge < -0.3 is 15.4 Å². The van der Waals surface area contributed by atoms with Crippen LogP contribution in [0.3, 0.4) is 0 Å². The molecule has 2 N–H and O–H groups in total. The van der Waals surface area contributed by atoms with E-state index in [4.69, 9.17) is 10.5 Å². The van der Waals surface area contributed by atoms with Crippen LogP contribution in [0.15, 0.2) is 18.3 Å². The second-order valence-corrected chi connectivity index (χ2v) is 5.17. The lowest BCUT2D eigenvalue weighted by Crippen LogP contribution is -2.29. The number of nitrogens with zero attached hydrogens (tertiary/aromatic N) is 2. The van der Waals surface area contributed by atoms with Gasteiger partial charge in [-0.25, -0.2) is 0 Å². The van der Waals surface area contributed by atoms with E-state index in [1.807, 2.05) is 19.2 Å². The summed E-state index contributed by atoms with van der Waals surface area (Å²) in [5, 5.41) is 0. The van der Waals surface area contributed by atoms with Gasteiger partial charge >= 0.3 is 0 Å². The van der Waals surface area contributed by atoms with E-state index in [0.717, 1.165) is 49.9 Å². The summed E-state index contributed by atoms with van der Waals surface area (Å²) in [7, 11) is 2.12. The van der Waals surface area contributed by atoms with Crippen LogP contribution in [0, 0.1) is 5.92 Å². The quantitative estimate of drug-likeness (QED) is 0.886. The van der Waals surface area contributed by atoms with E-state index < -0.39 is 0 Å². The summed E-state index contributed by atoms with van der Waals surface area (Å²) in [6, 6.07) is 4.12. The van der Waals surface area contributed by atoms with Gasteiger partial charge in [0.2, 0.25) is 0 Å². The van der Waals surface area contributed by atoms with Crippen molar-refractivity contribution in [2.24, 2.45) is 11.7 Å². The van der Waals surface area contributed by atoms with Crippen molar-refractivity contribution in [3.05, 3.63) is 24.0 Å². The van der Waals surface area contributed by atoms with Gasteiger partial charge in [0.25, 0.3) is 0 Å². The summed E-state index contributed by atoms with van der Waals surface area (Å²) in [6.07, 6.45) is 4.24. The number of hydrogen-bond donors (Lipinski definition) is 1. The van der Waals surface area contributed by atoms with Crippen LogP contribution in [-0.2, 0) is 4.74 Å². The van der Waals surface area contributed by atoms with Crippen molar-refractivity contribution in [1.29, 1.82) is 0 Å². The van der Waals surface area contributed by atoms with Crippen molar-refractivity contribution >= 4 is 5.69 Å². The minimum Gasteiger partial charge on any atom is -0.381 e. The molecule has 100 valence electrons. The second kappa shape index (κ2) is 6.16. The summed E-state index contributed by atoms with van der Waals surface area (Å²) in [6.45, 7) is 4.83. The predicted octanol–water partition coefficient (Wildman–Crippen LogP) is 1.96. The molecular formula is C14H23N3O. The molecule has 0 saturated carbocycles. The average Bonchev–Trinajstić information content (AvgIpc) is 2.40. The van der Waals surface area contributed by atoms with Gasteiger partial charge in [-0.3, -0.25) is 4.98 Å². The van der Waals surface area contributed by atoms with E-state index in [1.165, 1.54) is 0 Å². The van der Waals surface area contributed by atoms with Gasteiger partial charge in [-0.05, 0) is 37.8 Å². The third-order valence-corrected chi connectivity index (χ3v) is 3.55. The minimum atomic E-state index is -0.000139. The highest BCUT2D eigenvalue weighted by atomic mass is 16.5. The summed E-state index contributed by atoms with van der Waals surface area (Å²) in [5.41, 5.74) is 7.90. The largest absolute Gasteiger partial charge is 0.381 e. The molecule has 1 aromatic rings. The van der Waals surface area contributed by atoms with E-state index in [0.29, 0.717) is 0 Å². The number of rotatable bonds is 4. The van der Waals surface area contributed by atoms with E-state index >= 15 is 0 Å². The van der Waals surface area contributed by atoms with Crippen molar-refractivity contribution in [2.45, 2.75) is 25.8 Å². The SMILES string of the molecule is CC(N)c1ccc(N(C)CC2CCOCC2)cn1. The van der Waals surface area contributed by atoms with Crippen LogP contribution in [0.1, 0.15) is 31.5 Å². The summed E-state index contributed by atoms with van der Waals surface area (Å²) in [5.74, 6) is 0.733. The van der Waals surface area contributed by atoms with E-state index in [-0.39, 0.29) is 6.04 Å². The Morgan fingerprint density at radius 2 is 2.17 bits per heavy atom. The molecule has 0 spiro atoms. The fraction of sp³-hybridized carbons (Fsp3) is 0.643. The van der Waals surface area contributed by atoms with Crippen LogP contribution in [-0.4, -0.2) is 31.8 Å². The minimum absolute atomic E-state index is 0.000139. The van der Waals surface area contributed by atoms with Crippen LogP contribution in [0.25, 0.3) is 0 Å². The smallest absolute Gasteiger partial charge is 0.0569 e. The second-order valence-electron chi connectivity index (χ2n) is 5.17. The number of aromatic nitrogens is 1. The normalized spacial score (nSPS) is 18.6. The van der Waals surface area contributed by atoms with Gasteiger partial charge in [0.05, 0.1) is 17.6 Å².